The van der Waals surface area contributed by atoms with Crippen LogP contribution in [0, 0.1) is 0 Å². The number of halogens is 1. The molecule has 1 saturated heterocycles. The molecule has 2 aromatic rings. The van der Waals surface area contributed by atoms with Crippen LogP contribution >= 0.6 is 24.0 Å². The molecule has 0 saturated carbocycles. The van der Waals surface area contributed by atoms with Gasteiger partial charge in [-0.3, -0.25) is 9.89 Å². The van der Waals surface area contributed by atoms with E-state index < -0.39 is 0 Å². The van der Waals surface area contributed by atoms with E-state index in [-0.39, 0.29) is 30.0 Å². The van der Waals surface area contributed by atoms with Crippen molar-refractivity contribution >= 4 is 29.9 Å². The normalized spacial score (nSPS) is 15.9. The van der Waals surface area contributed by atoms with E-state index in [1.54, 1.807) is 7.11 Å². The summed E-state index contributed by atoms with van der Waals surface area (Å²) in [6.07, 6.45) is 2.07. The second kappa shape index (κ2) is 12.2. The molecule has 1 aliphatic rings. The number of hydrogen-bond acceptors (Lipinski definition) is 4. The molecule has 1 fully saturated rings. The first-order chi connectivity index (χ1) is 14.1. The van der Waals surface area contributed by atoms with Crippen molar-refractivity contribution in [3.8, 4) is 5.75 Å². The molecule has 166 valence electrons. The molecule has 8 heteroatoms. The van der Waals surface area contributed by atoms with Gasteiger partial charge in [-0.05, 0) is 29.8 Å². The van der Waals surface area contributed by atoms with Crippen LogP contribution in [0.2, 0.25) is 0 Å². The predicted molar refractivity (Wildman–Crippen MR) is 132 cm³/mol. The summed E-state index contributed by atoms with van der Waals surface area (Å²) in [5.41, 5.74) is 2.51. The van der Waals surface area contributed by atoms with Gasteiger partial charge in [0.2, 0.25) is 0 Å². The first-order valence-electron chi connectivity index (χ1n) is 10.1. The largest absolute Gasteiger partial charge is 0.497 e. The van der Waals surface area contributed by atoms with Crippen LogP contribution in [0.4, 0.5) is 0 Å². The number of ether oxygens (including phenoxy) is 2. The van der Waals surface area contributed by atoms with E-state index in [4.69, 9.17) is 9.47 Å². The monoisotopic (exact) mass is 527 g/mol. The predicted octanol–water partition coefficient (Wildman–Crippen LogP) is 2.73. The molecule has 1 aromatic carbocycles. The second-order valence-corrected chi connectivity index (χ2v) is 7.33. The highest BCUT2D eigenvalue weighted by atomic mass is 127. The summed E-state index contributed by atoms with van der Waals surface area (Å²) in [7, 11) is 7.67. The van der Waals surface area contributed by atoms with E-state index >= 15 is 0 Å². The Morgan fingerprint density at radius 2 is 1.93 bits per heavy atom. The van der Waals surface area contributed by atoms with Crippen LogP contribution in [0.15, 0.2) is 47.6 Å². The molecule has 0 aliphatic carbocycles. The number of hydrogen-bond donors (Lipinski definition) is 1. The summed E-state index contributed by atoms with van der Waals surface area (Å²) in [5.74, 6) is 1.76. The van der Waals surface area contributed by atoms with Crippen LogP contribution in [0.5, 0.6) is 5.75 Å². The second-order valence-electron chi connectivity index (χ2n) is 7.33. The minimum Gasteiger partial charge on any atom is -0.497 e. The minimum absolute atomic E-state index is 0. The maximum atomic E-state index is 5.56. The van der Waals surface area contributed by atoms with E-state index in [0.29, 0.717) is 0 Å². The number of methoxy groups -OCH3 is 1. The average molecular weight is 527 g/mol. The molecule has 1 unspecified atom stereocenters. The Hall–Kier alpha value is -1.78. The van der Waals surface area contributed by atoms with Crippen LogP contribution in [0.25, 0.3) is 0 Å². The molecular formula is C22H34IN5O2. The summed E-state index contributed by atoms with van der Waals surface area (Å²) in [4.78, 5) is 9.12. The molecule has 1 N–H and O–H groups in total. The average Bonchev–Trinajstić information content (AvgIpc) is 3.16. The smallest absolute Gasteiger partial charge is 0.193 e. The van der Waals surface area contributed by atoms with Crippen molar-refractivity contribution in [1.82, 2.24) is 19.7 Å². The van der Waals surface area contributed by atoms with Crippen molar-refractivity contribution in [3.05, 3.63) is 53.9 Å². The van der Waals surface area contributed by atoms with Gasteiger partial charge in [0.15, 0.2) is 5.96 Å². The number of nitrogens with zero attached hydrogens (tertiary/aromatic N) is 4. The fraction of sp³-hybridized carbons (Fsp3) is 0.500. The number of morpholine rings is 1. The molecule has 30 heavy (non-hydrogen) atoms. The van der Waals surface area contributed by atoms with Crippen LogP contribution in [-0.2, 0) is 18.3 Å². The van der Waals surface area contributed by atoms with Gasteiger partial charge >= 0.3 is 0 Å². The lowest BCUT2D eigenvalue weighted by Gasteiger charge is -2.35. The lowest BCUT2D eigenvalue weighted by atomic mass is 10.0. The van der Waals surface area contributed by atoms with Crippen molar-refractivity contribution in [3.63, 3.8) is 0 Å². The standard InChI is InChI=1S/C22H33N5O2.HI/c1-23-22(26(3)17-19-6-5-11-25(19)2)24-16-21(27-12-14-29-15-13-27)18-7-9-20(28-4)10-8-18;/h5-11,21H,12-17H2,1-4H3,(H,23,24);1H. The summed E-state index contributed by atoms with van der Waals surface area (Å²) in [6, 6.07) is 12.8. The maximum Gasteiger partial charge on any atom is 0.193 e. The Morgan fingerprint density at radius 1 is 1.23 bits per heavy atom. The van der Waals surface area contributed by atoms with E-state index in [9.17, 15) is 0 Å². The molecule has 1 atom stereocenters. The quantitative estimate of drug-likeness (QED) is 0.341. The Balaban J connectivity index is 0.00000320. The fourth-order valence-corrected chi connectivity index (χ4v) is 3.72. The van der Waals surface area contributed by atoms with Crippen LogP contribution in [-0.4, -0.2) is 74.4 Å². The SMILES string of the molecule is CN=C(NCC(c1ccc(OC)cc1)N1CCOCC1)N(C)Cc1cccn1C.I. The van der Waals surface area contributed by atoms with E-state index in [2.05, 4.69) is 69.2 Å². The Labute approximate surface area is 197 Å². The molecule has 0 amide bonds. The van der Waals surface area contributed by atoms with Crippen LogP contribution in [0.3, 0.4) is 0 Å². The number of aryl methyl sites for hydroxylation is 1. The molecule has 0 spiro atoms. The van der Waals surface area contributed by atoms with Gasteiger partial charge in [-0.2, -0.15) is 0 Å². The van der Waals surface area contributed by atoms with Crippen molar-refractivity contribution in [2.24, 2.45) is 12.0 Å². The van der Waals surface area contributed by atoms with Gasteiger partial charge < -0.3 is 24.3 Å². The molecular weight excluding hydrogens is 493 g/mol. The molecule has 0 radical (unpaired) electrons. The van der Waals surface area contributed by atoms with Gasteiger partial charge in [0, 0.05) is 52.7 Å². The third-order valence-electron chi connectivity index (χ3n) is 5.46. The minimum atomic E-state index is 0. The van der Waals surface area contributed by atoms with E-state index in [0.717, 1.165) is 51.1 Å². The molecule has 1 aromatic heterocycles. The zero-order valence-corrected chi connectivity index (χ0v) is 20.7. The highest BCUT2D eigenvalue weighted by molar-refractivity contribution is 14.0. The van der Waals surface area contributed by atoms with Gasteiger partial charge in [0.1, 0.15) is 5.75 Å². The summed E-state index contributed by atoms with van der Waals surface area (Å²) >= 11 is 0. The Kier molecular flexibility index (Phi) is 9.93. The first-order valence-corrected chi connectivity index (χ1v) is 10.1. The third kappa shape index (κ3) is 6.36. The lowest BCUT2D eigenvalue weighted by Crippen LogP contribution is -2.46. The lowest BCUT2D eigenvalue weighted by molar-refractivity contribution is 0.0169. The fourth-order valence-electron chi connectivity index (χ4n) is 3.72. The molecule has 7 nitrogen and oxygen atoms in total. The molecule has 0 bridgehead atoms. The van der Waals surface area contributed by atoms with Crippen molar-refractivity contribution in [2.45, 2.75) is 12.6 Å². The van der Waals surface area contributed by atoms with Crippen molar-refractivity contribution < 1.29 is 9.47 Å². The van der Waals surface area contributed by atoms with Gasteiger partial charge in [0.25, 0.3) is 0 Å². The highest BCUT2D eigenvalue weighted by Gasteiger charge is 2.23. The summed E-state index contributed by atoms with van der Waals surface area (Å²) in [6.45, 7) is 4.97. The molecule has 3 rings (SSSR count). The zero-order chi connectivity index (χ0) is 20.6. The Bertz CT molecular complexity index is 787. The van der Waals surface area contributed by atoms with Gasteiger partial charge in [-0.1, -0.05) is 12.1 Å². The van der Waals surface area contributed by atoms with Gasteiger partial charge in [-0.25, -0.2) is 0 Å². The van der Waals surface area contributed by atoms with Crippen molar-refractivity contribution in [2.75, 3.05) is 54.1 Å². The van der Waals surface area contributed by atoms with Gasteiger partial charge in [-0.15, -0.1) is 24.0 Å². The number of benzene rings is 1. The zero-order valence-electron chi connectivity index (χ0n) is 18.4. The third-order valence-corrected chi connectivity index (χ3v) is 5.46. The molecule has 1 aliphatic heterocycles. The maximum absolute atomic E-state index is 5.56. The summed E-state index contributed by atoms with van der Waals surface area (Å²) in [5, 5.41) is 3.58. The van der Waals surface area contributed by atoms with E-state index in [1.807, 2.05) is 19.2 Å². The number of nitrogens with one attached hydrogen (secondary N) is 1. The van der Waals surface area contributed by atoms with E-state index in [1.165, 1.54) is 11.3 Å². The van der Waals surface area contributed by atoms with Crippen LogP contribution in [0.1, 0.15) is 17.3 Å². The number of aromatic nitrogens is 1. The Morgan fingerprint density at radius 3 is 2.50 bits per heavy atom. The van der Waals surface area contributed by atoms with Crippen LogP contribution < -0.4 is 10.1 Å². The molecule has 2 heterocycles. The number of aliphatic imine (C=N–C) groups is 1. The first kappa shape index (κ1) is 24.5. The topological polar surface area (TPSA) is 54.3 Å². The summed E-state index contributed by atoms with van der Waals surface area (Å²) < 4.78 is 13.0. The number of guanidine groups is 1. The highest BCUT2D eigenvalue weighted by Crippen LogP contribution is 2.23. The number of rotatable bonds is 7. The van der Waals surface area contributed by atoms with Crippen molar-refractivity contribution in [1.29, 1.82) is 0 Å². The van der Waals surface area contributed by atoms with Gasteiger partial charge in [0.05, 0.1) is 32.9 Å².